The second kappa shape index (κ2) is 43.5. The Morgan fingerprint density at radius 2 is 0.653 bits per heavy atom. The second-order valence-corrected chi connectivity index (χ2v) is 25.0. The number of hydrogen-bond donors (Lipinski definition) is 18. The predicted octanol–water partition coefficient (Wildman–Crippen LogP) is -1.79. The first-order valence-corrected chi connectivity index (χ1v) is 32.8. The number of nitrogens with zero attached hydrogens (tertiary/aromatic N) is 2. The van der Waals surface area contributed by atoms with Gasteiger partial charge in [-0.1, -0.05) is 116 Å². The summed E-state index contributed by atoms with van der Waals surface area (Å²) in [7, 11) is 0. The number of H-pyrrole nitrogens is 2. The number of carbonyl (C=O) groups is 12. The van der Waals surface area contributed by atoms with Gasteiger partial charge in [0, 0.05) is 49.5 Å². The molecule has 0 radical (unpaired) electrons. The molecule has 10 amide bonds. The average molecular weight is 1370 g/mol. The van der Waals surface area contributed by atoms with E-state index in [4.69, 9.17) is 22.9 Å². The molecule has 2 aromatic carbocycles. The summed E-state index contributed by atoms with van der Waals surface area (Å²) in [6.07, 6.45) is 8.56. The number of unbranched alkanes of at least 4 members (excludes halogenated alkanes) is 2. The van der Waals surface area contributed by atoms with Crippen LogP contribution in [0.4, 0.5) is 0 Å². The van der Waals surface area contributed by atoms with Crippen molar-refractivity contribution in [2.45, 2.75) is 180 Å². The number of hydrogen-bond acceptors (Lipinski definition) is 18. The zero-order valence-corrected chi connectivity index (χ0v) is 57.1. The van der Waals surface area contributed by atoms with E-state index in [0.717, 1.165) is 11.1 Å². The number of carboxylic acids is 2. The molecule has 32 nitrogen and oxygen atoms in total. The minimum atomic E-state index is -1.21. The number of nitrogens with one attached hydrogen (secondary N) is 12. The predicted molar refractivity (Wildman–Crippen MR) is 363 cm³/mol. The third-order valence-corrected chi connectivity index (χ3v) is 15.6. The van der Waals surface area contributed by atoms with Gasteiger partial charge >= 0.3 is 11.9 Å². The van der Waals surface area contributed by atoms with Crippen LogP contribution >= 0.6 is 0 Å². The Balaban J connectivity index is 0.000000510. The van der Waals surface area contributed by atoms with Crippen molar-refractivity contribution >= 4 is 71.0 Å². The van der Waals surface area contributed by atoms with E-state index >= 15 is 0 Å². The Morgan fingerprint density at radius 3 is 0.929 bits per heavy atom. The van der Waals surface area contributed by atoms with Crippen LogP contribution in [0.2, 0.25) is 0 Å². The van der Waals surface area contributed by atoms with Crippen LogP contribution in [0.25, 0.3) is 0 Å². The highest BCUT2D eigenvalue weighted by Crippen LogP contribution is 2.14. The maximum Gasteiger partial charge on any atom is 0.326 e. The lowest BCUT2D eigenvalue weighted by atomic mass is 9.99. The first kappa shape index (κ1) is 82.6. The first-order chi connectivity index (χ1) is 46.5. The van der Waals surface area contributed by atoms with Crippen LogP contribution < -0.4 is 76.1 Å². The quantitative estimate of drug-likeness (QED) is 0.0218. The van der Waals surface area contributed by atoms with Gasteiger partial charge < -0.3 is 96.3 Å². The van der Waals surface area contributed by atoms with Gasteiger partial charge in [-0.25, -0.2) is 19.6 Å². The zero-order chi connectivity index (χ0) is 73.0. The number of carboxylic acid groups (broad SMARTS) is 2. The Hall–Kier alpha value is -9.66. The van der Waals surface area contributed by atoms with Crippen LogP contribution in [0.1, 0.15) is 116 Å². The van der Waals surface area contributed by atoms with Gasteiger partial charge in [0.15, 0.2) is 0 Å². The van der Waals surface area contributed by atoms with Crippen molar-refractivity contribution in [3.05, 3.63) is 108 Å². The monoisotopic (exact) mass is 1370 g/mol. The fourth-order valence-electron chi connectivity index (χ4n) is 9.98. The number of imidazole rings is 2. The lowest BCUT2D eigenvalue weighted by Gasteiger charge is -2.29. The maximum atomic E-state index is 13.7. The van der Waals surface area contributed by atoms with Crippen molar-refractivity contribution in [3.63, 3.8) is 0 Å². The Morgan fingerprint density at radius 1 is 0.367 bits per heavy atom. The van der Waals surface area contributed by atoms with Gasteiger partial charge in [0.1, 0.15) is 60.4 Å². The number of aromatic amines is 2. The number of carbonyl (C=O) groups excluding carboxylic acids is 10. The third kappa shape index (κ3) is 29.4. The molecule has 2 aromatic heterocycles. The summed E-state index contributed by atoms with van der Waals surface area (Å²) in [6.45, 7) is 13.5. The molecule has 0 saturated heterocycles. The molecule has 0 spiro atoms. The van der Waals surface area contributed by atoms with Crippen molar-refractivity contribution in [3.8, 4) is 0 Å². The number of rotatable bonds is 42. The summed E-state index contributed by atoms with van der Waals surface area (Å²) < 4.78 is 0. The van der Waals surface area contributed by atoms with E-state index in [2.05, 4.69) is 73.1 Å². The summed E-state index contributed by atoms with van der Waals surface area (Å²) in [4.78, 5) is 170. The average Bonchev–Trinajstić information content (AvgIpc) is 0.910. The van der Waals surface area contributed by atoms with Crippen LogP contribution in [0.5, 0.6) is 0 Å². The fraction of sp³-hybridized carbons (Fsp3) is 0.545. The molecular weight excluding hydrogens is 1270 g/mol. The molecule has 0 bridgehead atoms. The Bertz CT molecular complexity index is 2950. The number of aromatic nitrogens is 4. The third-order valence-electron chi connectivity index (χ3n) is 15.6. The lowest BCUT2D eigenvalue weighted by molar-refractivity contribution is -0.144. The molecule has 32 heteroatoms. The molecule has 98 heavy (non-hydrogen) atoms. The summed E-state index contributed by atoms with van der Waals surface area (Å²) in [6, 6.07) is 6.47. The SMILES string of the molecule is CC(C)[C@H](NC(=O)[C@H](Cc1ccccc1)NC(=O)[C@@H](NC(=O)[C@H](CCCCN)NC(=O)[C@H](Cc1cnc[nH]1)NC(=O)CN)C(C)C)C(=O)O.CC(C)[C@H](NC(=O)[C@H](Cc1ccccc1)NC(=O)[C@@H](NC(=O)[C@H](CCCCN)NC(=O)[C@H](Cc1cnc[nH]1)NC(=O)CN)C(C)C)C(=O)O. The van der Waals surface area contributed by atoms with Crippen molar-refractivity contribution in [1.29, 1.82) is 0 Å². The molecular formula is C66H102N18O14. The van der Waals surface area contributed by atoms with Gasteiger partial charge in [-0.3, -0.25) is 47.9 Å². The molecule has 0 aliphatic rings. The van der Waals surface area contributed by atoms with E-state index in [1.54, 1.807) is 116 Å². The molecule has 540 valence electrons. The van der Waals surface area contributed by atoms with Gasteiger partial charge in [-0.2, -0.15) is 0 Å². The molecule has 0 fully saturated rings. The van der Waals surface area contributed by atoms with Crippen molar-refractivity contribution < 1.29 is 67.7 Å². The maximum absolute atomic E-state index is 13.7. The summed E-state index contributed by atoms with van der Waals surface area (Å²) >= 11 is 0. The lowest BCUT2D eigenvalue weighted by Crippen LogP contribution is -2.60. The molecule has 0 unspecified atom stereocenters. The van der Waals surface area contributed by atoms with E-state index < -0.39 is 155 Å². The Labute approximate surface area is 570 Å². The van der Waals surface area contributed by atoms with Crippen LogP contribution in [-0.2, 0) is 83.2 Å². The van der Waals surface area contributed by atoms with Gasteiger partial charge in [0.2, 0.25) is 59.1 Å². The van der Waals surface area contributed by atoms with Crippen molar-refractivity contribution in [2.75, 3.05) is 26.2 Å². The van der Waals surface area contributed by atoms with Gasteiger partial charge in [-0.05, 0) is 86.4 Å². The molecule has 2 heterocycles. The Kier molecular flexibility index (Phi) is 36.7. The molecule has 0 aliphatic carbocycles. The normalized spacial score (nSPS) is 14.2. The highest BCUT2D eigenvalue weighted by Gasteiger charge is 2.37. The standard InChI is InChI=1S/2C33H51N9O7/c2*1-19(2)27(32(47)40-24(14-21-10-6-5-7-11-21)31(46)42-28(20(3)4)33(48)49)41-29(44)23(12-8-9-13-34)39-30(45)25(38-26(43)16-35)15-22-17-36-18-37-22/h2*5-7,10-11,17-20,23-25,27-28H,8-9,12-16,34-35H2,1-4H3,(H,36,37)(H,38,43)(H,39,45)(H,40,47)(H,41,44)(H,42,46)(H,48,49)/t2*23-,24-,25-,27-,28-/m00/s1. The minimum Gasteiger partial charge on any atom is -0.480 e. The largest absolute Gasteiger partial charge is 0.480 e. The highest BCUT2D eigenvalue weighted by atomic mass is 16.4. The topological polar surface area (TPSA) is 527 Å². The number of aliphatic carboxylic acids is 2. The molecule has 4 aromatic rings. The van der Waals surface area contributed by atoms with E-state index in [0.29, 0.717) is 50.2 Å². The fourth-order valence-corrected chi connectivity index (χ4v) is 9.98. The van der Waals surface area contributed by atoms with Gasteiger partial charge in [-0.15, -0.1) is 0 Å². The molecule has 0 aliphatic heterocycles. The number of benzene rings is 2. The van der Waals surface area contributed by atoms with E-state index in [1.807, 2.05) is 0 Å². The zero-order valence-electron chi connectivity index (χ0n) is 57.1. The molecule has 0 saturated carbocycles. The highest BCUT2D eigenvalue weighted by molar-refractivity contribution is 5.98. The molecule has 4 rings (SSSR count). The van der Waals surface area contributed by atoms with Crippen LogP contribution in [0, 0.1) is 23.7 Å². The smallest absolute Gasteiger partial charge is 0.326 e. The summed E-state index contributed by atoms with van der Waals surface area (Å²) in [5.74, 6) is -10.6. The number of amides is 10. The summed E-state index contributed by atoms with van der Waals surface area (Å²) in [5.41, 5.74) is 24.8. The minimum absolute atomic E-state index is 0.0517. The van der Waals surface area contributed by atoms with E-state index in [9.17, 15) is 67.7 Å². The second-order valence-electron chi connectivity index (χ2n) is 25.0. The van der Waals surface area contributed by atoms with Crippen LogP contribution in [0.3, 0.4) is 0 Å². The first-order valence-electron chi connectivity index (χ1n) is 32.8. The van der Waals surface area contributed by atoms with Crippen molar-refractivity contribution in [1.82, 2.24) is 73.1 Å². The van der Waals surface area contributed by atoms with Crippen LogP contribution in [-0.4, -0.2) is 188 Å². The van der Waals surface area contributed by atoms with E-state index in [1.165, 1.54) is 25.0 Å². The molecule has 10 atom stereocenters. The van der Waals surface area contributed by atoms with Gasteiger partial charge in [0.05, 0.1) is 25.7 Å². The molecule has 22 N–H and O–H groups in total. The van der Waals surface area contributed by atoms with Gasteiger partial charge in [0.25, 0.3) is 0 Å². The number of nitrogens with two attached hydrogens (primary N) is 4. The van der Waals surface area contributed by atoms with Crippen molar-refractivity contribution in [2.24, 2.45) is 46.6 Å². The van der Waals surface area contributed by atoms with E-state index in [-0.39, 0.29) is 51.6 Å². The van der Waals surface area contributed by atoms with Crippen LogP contribution in [0.15, 0.2) is 85.7 Å². The summed E-state index contributed by atoms with van der Waals surface area (Å²) in [5, 5.41) is 45.7.